The average Bonchev–Trinajstić information content (AvgIpc) is 2.66. The number of aryl methyl sites for hydroxylation is 1. The topological polar surface area (TPSA) is 53.4 Å². The number of nitrogens with zero attached hydrogens (tertiary/aromatic N) is 2. The van der Waals surface area contributed by atoms with Crippen LogP contribution in [-0.2, 0) is 23.1 Å². The van der Waals surface area contributed by atoms with Crippen LogP contribution in [-0.4, -0.2) is 29.0 Å². The summed E-state index contributed by atoms with van der Waals surface area (Å²) in [7, 11) is 1.78. The number of hydrogen-bond acceptors (Lipinski definition) is 4. The molecule has 0 saturated heterocycles. The highest BCUT2D eigenvalue weighted by atomic mass is 16.5. The highest BCUT2D eigenvalue weighted by Crippen LogP contribution is 2.11. The van der Waals surface area contributed by atoms with Gasteiger partial charge in [0.05, 0.1) is 31.7 Å². The molecule has 0 fully saturated rings. The molecule has 0 aliphatic carbocycles. The largest absolute Gasteiger partial charge is 0.462 e. The molecule has 0 radical (unpaired) electrons. The lowest BCUT2D eigenvalue weighted by Gasteiger charge is -2.07. The first-order chi connectivity index (χ1) is 8.56. The van der Waals surface area contributed by atoms with Gasteiger partial charge in [0.2, 0.25) is 0 Å². The van der Waals surface area contributed by atoms with Gasteiger partial charge in [-0.15, -0.1) is 6.58 Å². The van der Waals surface area contributed by atoms with E-state index in [9.17, 15) is 4.79 Å². The first kappa shape index (κ1) is 14.4. The van der Waals surface area contributed by atoms with Crippen molar-refractivity contribution in [2.24, 2.45) is 7.05 Å². The Morgan fingerprint density at radius 2 is 2.28 bits per heavy atom. The first-order valence-corrected chi connectivity index (χ1v) is 5.96. The molecule has 1 aromatic rings. The van der Waals surface area contributed by atoms with E-state index in [4.69, 9.17) is 9.47 Å². The molecule has 18 heavy (non-hydrogen) atoms. The Morgan fingerprint density at radius 3 is 2.89 bits per heavy atom. The first-order valence-electron chi connectivity index (χ1n) is 5.96. The van der Waals surface area contributed by atoms with Crippen LogP contribution in [0.15, 0.2) is 18.3 Å². The fourth-order valence-electron chi connectivity index (χ4n) is 1.43. The van der Waals surface area contributed by atoms with E-state index in [1.807, 2.05) is 6.92 Å². The summed E-state index contributed by atoms with van der Waals surface area (Å²) >= 11 is 0. The number of ether oxygens (including phenoxy) is 2. The van der Waals surface area contributed by atoms with Crippen LogP contribution in [0.5, 0.6) is 0 Å². The van der Waals surface area contributed by atoms with E-state index in [0.29, 0.717) is 25.4 Å². The summed E-state index contributed by atoms with van der Waals surface area (Å²) in [5.41, 5.74) is 2.27. The SMILES string of the molecule is C=C(C)CCOCc1c(C(=O)OCC)cnn1C. The molecule has 5 heteroatoms. The maximum absolute atomic E-state index is 11.7. The predicted molar refractivity (Wildman–Crippen MR) is 68.3 cm³/mol. The van der Waals surface area contributed by atoms with Crippen LogP contribution in [0.4, 0.5) is 0 Å². The van der Waals surface area contributed by atoms with Crippen molar-refractivity contribution >= 4 is 5.97 Å². The van der Waals surface area contributed by atoms with Crippen LogP contribution in [0.1, 0.15) is 36.3 Å². The molecule has 100 valence electrons. The molecule has 0 amide bonds. The van der Waals surface area contributed by atoms with Crippen molar-refractivity contribution in [1.29, 1.82) is 0 Å². The standard InChI is InChI=1S/C13H20N2O3/c1-5-18-13(16)11-8-14-15(4)12(11)9-17-7-6-10(2)3/h8H,2,5-7,9H2,1,3-4H3. The normalized spacial score (nSPS) is 10.4. The van der Waals surface area contributed by atoms with Gasteiger partial charge in [-0.1, -0.05) is 5.57 Å². The van der Waals surface area contributed by atoms with Crippen molar-refractivity contribution in [3.63, 3.8) is 0 Å². The third-order valence-corrected chi connectivity index (χ3v) is 2.47. The van der Waals surface area contributed by atoms with E-state index in [0.717, 1.165) is 17.7 Å². The molecule has 0 unspecified atom stereocenters. The van der Waals surface area contributed by atoms with Gasteiger partial charge in [-0.2, -0.15) is 5.10 Å². The lowest BCUT2D eigenvalue weighted by molar-refractivity contribution is 0.0517. The zero-order chi connectivity index (χ0) is 13.5. The van der Waals surface area contributed by atoms with Crippen molar-refractivity contribution in [2.75, 3.05) is 13.2 Å². The zero-order valence-electron chi connectivity index (χ0n) is 11.2. The Hall–Kier alpha value is -1.62. The molecule has 0 bridgehead atoms. The van der Waals surface area contributed by atoms with E-state index >= 15 is 0 Å². The lowest BCUT2D eigenvalue weighted by atomic mass is 10.2. The van der Waals surface area contributed by atoms with Crippen LogP contribution < -0.4 is 0 Å². The molecular weight excluding hydrogens is 232 g/mol. The minimum absolute atomic E-state index is 0.345. The second-order valence-electron chi connectivity index (χ2n) is 4.11. The van der Waals surface area contributed by atoms with Crippen LogP contribution in [0, 0.1) is 0 Å². The van der Waals surface area contributed by atoms with Gasteiger partial charge in [0, 0.05) is 7.05 Å². The molecule has 0 aliphatic heterocycles. The van der Waals surface area contributed by atoms with Gasteiger partial charge in [0.25, 0.3) is 0 Å². The molecular formula is C13H20N2O3. The smallest absolute Gasteiger partial charge is 0.341 e. The number of rotatable bonds is 7. The van der Waals surface area contributed by atoms with E-state index in [-0.39, 0.29) is 5.97 Å². The van der Waals surface area contributed by atoms with Gasteiger partial charge < -0.3 is 9.47 Å². The maximum Gasteiger partial charge on any atom is 0.341 e. The van der Waals surface area contributed by atoms with Crippen LogP contribution >= 0.6 is 0 Å². The fraction of sp³-hybridized carbons (Fsp3) is 0.538. The summed E-state index contributed by atoms with van der Waals surface area (Å²) in [5.74, 6) is -0.357. The van der Waals surface area contributed by atoms with Crippen molar-refractivity contribution in [1.82, 2.24) is 9.78 Å². The van der Waals surface area contributed by atoms with Gasteiger partial charge in [0.1, 0.15) is 5.56 Å². The van der Waals surface area contributed by atoms with E-state index in [1.165, 1.54) is 6.20 Å². The van der Waals surface area contributed by atoms with Gasteiger partial charge in [0.15, 0.2) is 0 Å². The summed E-state index contributed by atoms with van der Waals surface area (Å²) < 4.78 is 12.1. The van der Waals surface area contributed by atoms with Crippen molar-refractivity contribution in [3.8, 4) is 0 Å². The Balaban J connectivity index is 2.61. The number of carbonyl (C=O) groups excluding carboxylic acids is 1. The highest BCUT2D eigenvalue weighted by molar-refractivity contribution is 5.90. The highest BCUT2D eigenvalue weighted by Gasteiger charge is 2.16. The lowest BCUT2D eigenvalue weighted by Crippen LogP contribution is -2.10. The Morgan fingerprint density at radius 1 is 1.56 bits per heavy atom. The molecule has 0 atom stereocenters. The third-order valence-electron chi connectivity index (χ3n) is 2.47. The van der Waals surface area contributed by atoms with Crippen LogP contribution in [0.2, 0.25) is 0 Å². The molecule has 1 aromatic heterocycles. The fourth-order valence-corrected chi connectivity index (χ4v) is 1.43. The van der Waals surface area contributed by atoms with Crippen molar-refractivity contribution in [3.05, 3.63) is 29.6 Å². The molecule has 0 aliphatic rings. The minimum Gasteiger partial charge on any atom is -0.462 e. The maximum atomic E-state index is 11.7. The summed E-state index contributed by atoms with van der Waals surface area (Å²) in [4.78, 5) is 11.7. The number of hydrogen-bond donors (Lipinski definition) is 0. The van der Waals surface area contributed by atoms with Crippen LogP contribution in [0.25, 0.3) is 0 Å². The second-order valence-corrected chi connectivity index (χ2v) is 4.11. The van der Waals surface area contributed by atoms with E-state index in [1.54, 1.807) is 18.7 Å². The average molecular weight is 252 g/mol. The summed E-state index contributed by atoms with van der Waals surface area (Å²) in [6, 6.07) is 0. The van der Waals surface area contributed by atoms with Crippen LogP contribution in [0.3, 0.4) is 0 Å². The van der Waals surface area contributed by atoms with Gasteiger partial charge in [-0.05, 0) is 20.3 Å². The molecule has 0 aromatic carbocycles. The monoisotopic (exact) mass is 252 g/mol. The molecule has 1 rings (SSSR count). The minimum atomic E-state index is -0.357. The van der Waals surface area contributed by atoms with E-state index < -0.39 is 0 Å². The number of esters is 1. The van der Waals surface area contributed by atoms with Crippen molar-refractivity contribution < 1.29 is 14.3 Å². The number of carbonyl (C=O) groups is 1. The molecule has 0 saturated carbocycles. The van der Waals surface area contributed by atoms with E-state index in [2.05, 4.69) is 11.7 Å². The van der Waals surface area contributed by atoms with Gasteiger partial charge >= 0.3 is 5.97 Å². The number of aromatic nitrogens is 2. The molecule has 0 N–H and O–H groups in total. The van der Waals surface area contributed by atoms with Gasteiger partial charge in [-0.25, -0.2) is 4.79 Å². The zero-order valence-corrected chi connectivity index (χ0v) is 11.2. The van der Waals surface area contributed by atoms with Crippen molar-refractivity contribution in [2.45, 2.75) is 26.9 Å². The summed E-state index contributed by atoms with van der Waals surface area (Å²) in [6.07, 6.45) is 2.32. The third kappa shape index (κ3) is 4.00. The quantitative estimate of drug-likeness (QED) is 0.423. The summed E-state index contributed by atoms with van der Waals surface area (Å²) in [6.45, 7) is 8.82. The summed E-state index contributed by atoms with van der Waals surface area (Å²) in [5, 5.41) is 4.05. The Bertz CT molecular complexity index is 424. The molecule has 1 heterocycles. The molecule has 0 spiro atoms. The van der Waals surface area contributed by atoms with Gasteiger partial charge in [-0.3, -0.25) is 4.68 Å². The Kier molecular flexibility index (Phi) is 5.58. The molecule has 5 nitrogen and oxygen atoms in total. The Labute approximate surface area is 107 Å². The second kappa shape index (κ2) is 6.96. The predicted octanol–water partition coefficient (Wildman–Crippen LogP) is 2.08.